The normalized spacial score (nSPS) is 11.9. The lowest BCUT2D eigenvalue weighted by Crippen LogP contribution is -2.30. The minimum atomic E-state index is -0.176. The van der Waals surface area contributed by atoms with Gasteiger partial charge in [0.25, 0.3) is 0 Å². The Balaban J connectivity index is 1.47. The molecule has 0 aliphatic carbocycles. The molecule has 0 spiro atoms. The number of thiophene rings is 1. The van der Waals surface area contributed by atoms with Gasteiger partial charge in [-0.05, 0) is 60.2 Å². The van der Waals surface area contributed by atoms with E-state index >= 15 is 0 Å². The Labute approximate surface area is 208 Å². The fraction of sp³-hybridized carbons (Fsp3) is 0.269. The van der Waals surface area contributed by atoms with E-state index in [-0.39, 0.29) is 17.7 Å². The van der Waals surface area contributed by atoms with Gasteiger partial charge in [-0.3, -0.25) is 9.36 Å². The molecular weight excluding hydrogens is 464 g/mol. The van der Waals surface area contributed by atoms with Crippen LogP contribution in [0.25, 0.3) is 5.69 Å². The number of methoxy groups -OCH3 is 1. The summed E-state index contributed by atoms with van der Waals surface area (Å²) in [6, 6.07) is 20.1. The quantitative estimate of drug-likeness (QED) is 0.292. The highest BCUT2D eigenvalue weighted by atomic mass is 32.2. The van der Waals surface area contributed by atoms with E-state index in [2.05, 4.69) is 52.8 Å². The SMILES string of the molecule is CCCc1ccc(C(NC(=O)CSc2nnc(C)n2-c2ccc(OC)cc2)c2cccs2)cc1. The van der Waals surface area contributed by atoms with Crippen LogP contribution in [0.5, 0.6) is 5.75 Å². The van der Waals surface area contributed by atoms with E-state index in [1.807, 2.05) is 47.2 Å². The van der Waals surface area contributed by atoms with Gasteiger partial charge >= 0.3 is 0 Å². The Kier molecular flexibility index (Phi) is 8.03. The van der Waals surface area contributed by atoms with Crippen LogP contribution in [0, 0.1) is 6.92 Å². The molecule has 0 bridgehead atoms. The number of carbonyl (C=O) groups is 1. The first-order valence-electron chi connectivity index (χ1n) is 11.2. The summed E-state index contributed by atoms with van der Waals surface area (Å²) in [7, 11) is 1.64. The summed E-state index contributed by atoms with van der Waals surface area (Å²) in [5, 5.41) is 14.4. The topological polar surface area (TPSA) is 69.0 Å². The van der Waals surface area contributed by atoms with Gasteiger partial charge < -0.3 is 10.1 Å². The molecule has 4 rings (SSSR count). The molecule has 0 saturated heterocycles. The number of nitrogens with one attached hydrogen (secondary N) is 1. The third kappa shape index (κ3) is 5.69. The maximum Gasteiger partial charge on any atom is 0.231 e. The van der Waals surface area contributed by atoms with Crippen molar-refractivity contribution in [2.75, 3.05) is 12.9 Å². The molecule has 2 heterocycles. The number of aryl methyl sites for hydroxylation is 2. The van der Waals surface area contributed by atoms with Crippen LogP contribution in [-0.2, 0) is 11.2 Å². The number of hydrogen-bond acceptors (Lipinski definition) is 6. The predicted octanol–water partition coefficient (Wildman–Crippen LogP) is 5.60. The van der Waals surface area contributed by atoms with E-state index in [4.69, 9.17) is 4.74 Å². The molecule has 2 aromatic carbocycles. The van der Waals surface area contributed by atoms with Crippen LogP contribution >= 0.6 is 23.1 Å². The number of ether oxygens (including phenoxy) is 1. The van der Waals surface area contributed by atoms with Gasteiger partial charge in [-0.2, -0.15) is 0 Å². The van der Waals surface area contributed by atoms with Crippen LogP contribution in [0.2, 0.25) is 0 Å². The van der Waals surface area contributed by atoms with Crippen molar-refractivity contribution in [1.29, 1.82) is 0 Å². The van der Waals surface area contributed by atoms with E-state index in [0.717, 1.165) is 40.5 Å². The molecule has 8 heteroatoms. The average molecular weight is 493 g/mol. The first-order chi connectivity index (χ1) is 16.6. The monoisotopic (exact) mass is 492 g/mol. The van der Waals surface area contributed by atoms with Crippen LogP contribution in [0.15, 0.2) is 71.2 Å². The number of amides is 1. The minimum absolute atomic E-state index is 0.0528. The fourth-order valence-electron chi connectivity index (χ4n) is 3.74. The maximum absolute atomic E-state index is 13.0. The summed E-state index contributed by atoms with van der Waals surface area (Å²) in [6.07, 6.45) is 2.17. The van der Waals surface area contributed by atoms with Gasteiger partial charge in [-0.25, -0.2) is 0 Å². The Morgan fingerprint density at radius 2 is 1.88 bits per heavy atom. The second-order valence-electron chi connectivity index (χ2n) is 7.86. The van der Waals surface area contributed by atoms with Crippen molar-refractivity contribution in [2.24, 2.45) is 0 Å². The van der Waals surface area contributed by atoms with Crippen LogP contribution in [0.3, 0.4) is 0 Å². The zero-order valence-electron chi connectivity index (χ0n) is 19.5. The zero-order chi connectivity index (χ0) is 23.9. The maximum atomic E-state index is 13.0. The van der Waals surface area contributed by atoms with Crippen molar-refractivity contribution in [2.45, 2.75) is 37.9 Å². The lowest BCUT2D eigenvalue weighted by Gasteiger charge is -2.18. The lowest BCUT2D eigenvalue weighted by atomic mass is 10.0. The molecule has 1 amide bonds. The first-order valence-corrected chi connectivity index (χ1v) is 13.1. The van der Waals surface area contributed by atoms with Gasteiger partial charge in [-0.15, -0.1) is 21.5 Å². The van der Waals surface area contributed by atoms with Crippen LogP contribution in [0.4, 0.5) is 0 Å². The number of rotatable bonds is 10. The molecule has 0 aliphatic rings. The third-order valence-corrected chi connectivity index (χ3v) is 7.31. The van der Waals surface area contributed by atoms with Crippen LogP contribution < -0.4 is 10.1 Å². The number of benzene rings is 2. The smallest absolute Gasteiger partial charge is 0.231 e. The van der Waals surface area contributed by atoms with Gasteiger partial charge in [0.1, 0.15) is 11.6 Å². The summed E-state index contributed by atoms with van der Waals surface area (Å²) >= 11 is 3.02. The third-order valence-electron chi connectivity index (χ3n) is 5.44. The van der Waals surface area contributed by atoms with Crippen LogP contribution in [-0.4, -0.2) is 33.5 Å². The Morgan fingerprint density at radius 3 is 2.53 bits per heavy atom. The molecule has 2 aromatic heterocycles. The molecule has 0 aliphatic heterocycles. The standard InChI is InChI=1S/C26H28N4O2S2/c1-4-6-19-8-10-20(11-9-19)25(23-7-5-16-33-23)27-24(31)17-34-26-29-28-18(2)30(26)21-12-14-22(32-3)15-13-21/h5,7-16,25H,4,6,17H2,1-3H3,(H,27,31). The Hall–Kier alpha value is -3.10. The van der Waals surface area contributed by atoms with Crippen molar-refractivity contribution < 1.29 is 9.53 Å². The summed E-state index contributed by atoms with van der Waals surface area (Å²) < 4.78 is 7.20. The van der Waals surface area contributed by atoms with E-state index in [0.29, 0.717) is 5.16 Å². The van der Waals surface area contributed by atoms with Crippen molar-refractivity contribution in [3.05, 3.63) is 87.9 Å². The highest BCUT2D eigenvalue weighted by Crippen LogP contribution is 2.28. The predicted molar refractivity (Wildman–Crippen MR) is 138 cm³/mol. The molecular formula is C26H28N4O2S2. The summed E-state index contributed by atoms with van der Waals surface area (Å²) in [5.41, 5.74) is 3.32. The zero-order valence-corrected chi connectivity index (χ0v) is 21.2. The lowest BCUT2D eigenvalue weighted by molar-refractivity contribution is -0.119. The number of hydrogen-bond donors (Lipinski definition) is 1. The molecule has 0 saturated carbocycles. The average Bonchev–Trinajstić information content (AvgIpc) is 3.52. The molecule has 34 heavy (non-hydrogen) atoms. The second kappa shape index (κ2) is 11.4. The summed E-state index contributed by atoms with van der Waals surface area (Å²) in [4.78, 5) is 14.1. The molecule has 1 unspecified atom stereocenters. The van der Waals surface area contributed by atoms with Crippen LogP contribution in [0.1, 0.15) is 41.2 Å². The van der Waals surface area contributed by atoms with Gasteiger partial charge in [0, 0.05) is 10.6 Å². The molecule has 1 N–H and O–H groups in total. The molecule has 1 atom stereocenters. The van der Waals surface area contributed by atoms with E-state index in [1.165, 1.54) is 17.3 Å². The molecule has 6 nitrogen and oxygen atoms in total. The van der Waals surface area contributed by atoms with Crippen molar-refractivity contribution in [1.82, 2.24) is 20.1 Å². The number of carbonyl (C=O) groups excluding carboxylic acids is 1. The van der Waals surface area contributed by atoms with E-state index in [9.17, 15) is 4.79 Å². The molecule has 0 radical (unpaired) electrons. The summed E-state index contributed by atoms with van der Waals surface area (Å²) in [5.74, 6) is 1.73. The first kappa shape index (κ1) is 24.0. The number of nitrogens with zero attached hydrogens (tertiary/aromatic N) is 3. The highest BCUT2D eigenvalue weighted by Gasteiger charge is 2.19. The van der Waals surface area contributed by atoms with Crippen molar-refractivity contribution >= 4 is 29.0 Å². The Morgan fingerprint density at radius 1 is 1.12 bits per heavy atom. The second-order valence-corrected chi connectivity index (χ2v) is 9.78. The molecule has 176 valence electrons. The minimum Gasteiger partial charge on any atom is -0.497 e. The summed E-state index contributed by atoms with van der Waals surface area (Å²) in [6.45, 7) is 4.08. The largest absolute Gasteiger partial charge is 0.497 e. The van der Waals surface area contributed by atoms with Gasteiger partial charge in [-0.1, -0.05) is 55.4 Å². The van der Waals surface area contributed by atoms with Crippen molar-refractivity contribution in [3.8, 4) is 11.4 Å². The highest BCUT2D eigenvalue weighted by molar-refractivity contribution is 7.99. The van der Waals surface area contributed by atoms with Gasteiger partial charge in [0.05, 0.1) is 18.9 Å². The van der Waals surface area contributed by atoms with Gasteiger partial charge in [0.15, 0.2) is 5.16 Å². The molecule has 0 fully saturated rings. The van der Waals surface area contributed by atoms with Gasteiger partial charge in [0.2, 0.25) is 5.91 Å². The van der Waals surface area contributed by atoms with E-state index in [1.54, 1.807) is 18.4 Å². The van der Waals surface area contributed by atoms with Crippen molar-refractivity contribution in [3.63, 3.8) is 0 Å². The number of thioether (sulfide) groups is 1. The number of aromatic nitrogens is 3. The Bertz CT molecular complexity index is 1200. The van der Waals surface area contributed by atoms with E-state index < -0.39 is 0 Å². The fourth-order valence-corrected chi connectivity index (χ4v) is 5.35. The molecule has 4 aromatic rings.